The quantitative estimate of drug-likeness (QED) is 0.766. The second-order valence-corrected chi connectivity index (χ2v) is 7.82. The molecular formula is C18H19F3N2OS. The fourth-order valence-electron chi connectivity index (χ4n) is 3.59. The van der Waals surface area contributed by atoms with Gasteiger partial charge >= 0.3 is 6.18 Å². The highest BCUT2D eigenvalue weighted by Crippen LogP contribution is 2.39. The first-order valence-electron chi connectivity index (χ1n) is 8.47. The Morgan fingerprint density at radius 3 is 2.60 bits per heavy atom. The van der Waals surface area contributed by atoms with Crippen LogP contribution in [0, 0.1) is 11.8 Å². The van der Waals surface area contributed by atoms with E-state index in [1.807, 2.05) is 5.38 Å². The number of carbonyl (C=O) groups is 1. The molecule has 1 aromatic heterocycles. The van der Waals surface area contributed by atoms with Gasteiger partial charge in [0.15, 0.2) is 0 Å². The van der Waals surface area contributed by atoms with Gasteiger partial charge in [0.2, 0.25) is 0 Å². The molecular weight excluding hydrogens is 349 g/mol. The van der Waals surface area contributed by atoms with Gasteiger partial charge in [-0.25, -0.2) is 0 Å². The number of hydrogen-bond acceptors (Lipinski definition) is 4. The van der Waals surface area contributed by atoms with Crippen LogP contribution in [-0.2, 0) is 11.0 Å². The average molecular weight is 368 g/mol. The summed E-state index contributed by atoms with van der Waals surface area (Å²) in [6.07, 6.45) is -2.22. The van der Waals surface area contributed by atoms with Gasteiger partial charge in [-0.3, -0.25) is 4.90 Å². The minimum atomic E-state index is -4.30. The summed E-state index contributed by atoms with van der Waals surface area (Å²) in [4.78, 5) is 15.4. The minimum absolute atomic E-state index is 0.252. The molecule has 0 bridgehead atoms. The maximum absolute atomic E-state index is 12.8. The van der Waals surface area contributed by atoms with Gasteiger partial charge in [-0.2, -0.15) is 13.2 Å². The van der Waals surface area contributed by atoms with E-state index in [2.05, 4.69) is 9.80 Å². The van der Waals surface area contributed by atoms with Gasteiger partial charge in [0.1, 0.15) is 6.29 Å². The average Bonchev–Trinajstić information content (AvgIpc) is 3.20. The van der Waals surface area contributed by atoms with Gasteiger partial charge in [0.25, 0.3) is 0 Å². The highest BCUT2D eigenvalue weighted by molar-refractivity contribution is 7.17. The topological polar surface area (TPSA) is 23.6 Å². The standard InChI is InChI=1S/C18H19F3N2OS/c19-18(20,21)14-1-2-15-16(11-25-17(15)8-14)23-5-3-22(4-6-23)9-12-7-13(12)10-24/h1-2,8,10-13H,3-7,9H2. The zero-order valence-electron chi connectivity index (χ0n) is 13.6. The van der Waals surface area contributed by atoms with Crippen LogP contribution in [0.25, 0.3) is 10.1 Å². The number of rotatable bonds is 4. The lowest BCUT2D eigenvalue weighted by molar-refractivity contribution is -0.137. The van der Waals surface area contributed by atoms with Crippen molar-refractivity contribution in [1.29, 1.82) is 0 Å². The molecule has 2 fully saturated rings. The third kappa shape index (κ3) is 3.40. The summed E-state index contributed by atoms with van der Waals surface area (Å²) in [5.74, 6) is 0.772. The predicted molar refractivity (Wildman–Crippen MR) is 93.1 cm³/mol. The molecule has 1 aliphatic heterocycles. The van der Waals surface area contributed by atoms with Crippen molar-refractivity contribution in [3.8, 4) is 0 Å². The van der Waals surface area contributed by atoms with Crippen molar-refractivity contribution in [1.82, 2.24) is 4.90 Å². The number of nitrogens with zero attached hydrogens (tertiary/aromatic N) is 2. The van der Waals surface area contributed by atoms with Gasteiger partial charge in [-0.05, 0) is 24.5 Å². The third-order valence-electron chi connectivity index (χ3n) is 5.24. The molecule has 0 N–H and O–H groups in total. The van der Waals surface area contributed by atoms with E-state index in [0.717, 1.165) is 56.5 Å². The van der Waals surface area contributed by atoms with E-state index < -0.39 is 11.7 Å². The number of aldehydes is 1. The minimum Gasteiger partial charge on any atom is -0.368 e. The SMILES string of the molecule is O=CC1CC1CN1CCN(c2csc3cc(C(F)(F)F)ccc23)CC1. The lowest BCUT2D eigenvalue weighted by Gasteiger charge is -2.36. The van der Waals surface area contributed by atoms with Gasteiger partial charge < -0.3 is 9.69 Å². The Morgan fingerprint density at radius 1 is 1.20 bits per heavy atom. The fourth-order valence-corrected chi connectivity index (χ4v) is 4.60. The molecule has 3 nitrogen and oxygen atoms in total. The molecule has 2 unspecified atom stereocenters. The first-order valence-corrected chi connectivity index (χ1v) is 9.34. The van der Waals surface area contributed by atoms with Crippen molar-refractivity contribution in [2.75, 3.05) is 37.6 Å². The maximum Gasteiger partial charge on any atom is 0.416 e. The number of benzene rings is 1. The van der Waals surface area contributed by atoms with Crippen LogP contribution in [0.15, 0.2) is 23.6 Å². The monoisotopic (exact) mass is 368 g/mol. The molecule has 4 rings (SSSR count). The second-order valence-electron chi connectivity index (χ2n) is 6.91. The Labute approximate surface area is 148 Å². The molecule has 1 saturated carbocycles. The molecule has 2 aliphatic rings. The van der Waals surface area contributed by atoms with Gasteiger partial charge in [0.05, 0.1) is 11.3 Å². The molecule has 1 aromatic carbocycles. The Balaban J connectivity index is 1.43. The second kappa shape index (κ2) is 6.29. The van der Waals surface area contributed by atoms with E-state index in [4.69, 9.17) is 0 Å². The summed E-state index contributed by atoms with van der Waals surface area (Å²) >= 11 is 1.37. The normalized spacial score (nSPS) is 24.7. The number of halogens is 3. The van der Waals surface area contributed by atoms with Crippen LogP contribution in [-0.4, -0.2) is 43.9 Å². The summed E-state index contributed by atoms with van der Waals surface area (Å²) in [5, 5.41) is 2.86. The Bertz CT molecular complexity index is 780. The largest absolute Gasteiger partial charge is 0.416 e. The molecule has 1 saturated heterocycles. The lowest BCUT2D eigenvalue weighted by atomic mass is 10.1. The fraction of sp³-hybridized carbons (Fsp3) is 0.500. The van der Waals surface area contributed by atoms with Crippen LogP contribution < -0.4 is 4.90 Å². The Kier molecular flexibility index (Phi) is 4.24. The summed E-state index contributed by atoms with van der Waals surface area (Å²) in [7, 11) is 0. The highest BCUT2D eigenvalue weighted by atomic mass is 32.1. The van der Waals surface area contributed by atoms with Crippen molar-refractivity contribution in [2.45, 2.75) is 12.6 Å². The van der Waals surface area contributed by atoms with E-state index >= 15 is 0 Å². The van der Waals surface area contributed by atoms with E-state index in [1.165, 1.54) is 23.5 Å². The van der Waals surface area contributed by atoms with Crippen molar-refractivity contribution in [3.05, 3.63) is 29.1 Å². The van der Waals surface area contributed by atoms with Gasteiger partial charge in [-0.1, -0.05) is 6.07 Å². The molecule has 0 amide bonds. The number of alkyl halides is 3. The van der Waals surface area contributed by atoms with Gasteiger partial charge in [-0.15, -0.1) is 11.3 Å². The first-order chi connectivity index (χ1) is 12.0. The molecule has 2 aromatic rings. The van der Waals surface area contributed by atoms with E-state index in [9.17, 15) is 18.0 Å². The third-order valence-corrected chi connectivity index (χ3v) is 6.17. The number of thiophene rings is 1. The van der Waals surface area contributed by atoms with Crippen molar-refractivity contribution in [2.24, 2.45) is 11.8 Å². The molecule has 7 heteroatoms. The van der Waals surface area contributed by atoms with E-state index in [1.54, 1.807) is 6.07 Å². The molecule has 0 radical (unpaired) electrons. The molecule has 2 atom stereocenters. The predicted octanol–water partition coefficient (Wildman–Crippen LogP) is 3.88. The summed E-state index contributed by atoms with van der Waals surface area (Å²) in [6, 6.07) is 4.00. The zero-order chi connectivity index (χ0) is 17.6. The van der Waals surface area contributed by atoms with Crippen LogP contribution in [0.1, 0.15) is 12.0 Å². The lowest BCUT2D eigenvalue weighted by Crippen LogP contribution is -2.47. The first kappa shape index (κ1) is 16.8. The Hall–Kier alpha value is -1.60. The zero-order valence-corrected chi connectivity index (χ0v) is 14.4. The number of fused-ring (bicyclic) bond motifs is 1. The van der Waals surface area contributed by atoms with E-state index in [0.29, 0.717) is 10.6 Å². The molecule has 1 aliphatic carbocycles. The molecule has 0 spiro atoms. The summed E-state index contributed by atoms with van der Waals surface area (Å²) in [6.45, 7) is 4.58. The number of anilines is 1. The van der Waals surface area contributed by atoms with Crippen molar-refractivity contribution < 1.29 is 18.0 Å². The molecule has 134 valence electrons. The van der Waals surface area contributed by atoms with Crippen LogP contribution in [0.5, 0.6) is 0 Å². The van der Waals surface area contributed by atoms with Crippen LogP contribution in [0.2, 0.25) is 0 Å². The molecule has 25 heavy (non-hydrogen) atoms. The summed E-state index contributed by atoms with van der Waals surface area (Å²) < 4.78 is 39.2. The van der Waals surface area contributed by atoms with Gasteiger partial charge in [0, 0.05) is 54.1 Å². The number of piperazine rings is 1. The maximum atomic E-state index is 12.8. The van der Waals surface area contributed by atoms with E-state index in [-0.39, 0.29) is 5.92 Å². The summed E-state index contributed by atoms with van der Waals surface area (Å²) in [5.41, 5.74) is 0.443. The van der Waals surface area contributed by atoms with Crippen LogP contribution in [0.4, 0.5) is 18.9 Å². The van der Waals surface area contributed by atoms with Crippen LogP contribution >= 0.6 is 11.3 Å². The van der Waals surface area contributed by atoms with Crippen molar-refractivity contribution >= 4 is 33.4 Å². The van der Waals surface area contributed by atoms with Crippen LogP contribution in [0.3, 0.4) is 0 Å². The molecule has 2 heterocycles. The number of hydrogen-bond donors (Lipinski definition) is 0. The highest BCUT2D eigenvalue weighted by Gasteiger charge is 2.38. The van der Waals surface area contributed by atoms with Crippen molar-refractivity contribution in [3.63, 3.8) is 0 Å². The Morgan fingerprint density at radius 2 is 1.96 bits per heavy atom. The smallest absolute Gasteiger partial charge is 0.368 e. The number of carbonyl (C=O) groups excluding carboxylic acids is 1.